The van der Waals surface area contributed by atoms with E-state index in [9.17, 15) is 9.59 Å². The molecule has 2 aromatic rings. The molecular weight excluding hydrogens is 300 g/mol. The standard InChI is InChI=1S/C17H16O4S/c1-2-20-16(18)12-13-8-6-7-11-15(13)22-17(19)21-14-9-4-3-5-10-14/h3-11H,2,12H2,1H3. The second kappa shape index (κ2) is 8.24. The minimum absolute atomic E-state index is 0.135. The van der Waals surface area contributed by atoms with Gasteiger partial charge in [0.2, 0.25) is 0 Å². The molecule has 0 fully saturated rings. The van der Waals surface area contributed by atoms with Crippen molar-refractivity contribution in [3.63, 3.8) is 0 Å². The summed E-state index contributed by atoms with van der Waals surface area (Å²) in [6.45, 7) is 2.10. The second-order valence-corrected chi connectivity index (χ2v) is 5.33. The molecule has 0 bridgehead atoms. The van der Waals surface area contributed by atoms with E-state index >= 15 is 0 Å². The van der Waals surface area contributed by atoms with Gasteiger partial charge in [-0.3, -0.25) is 4.79 Å². The van der Waals surface area contributed by atoms with Crippen LogP contribution >= 0.6 is 11.8 Å². The van der Waals surface area contributed by atoms with Crippen LogP contribution in [0.25, 0.3) is 0 Å². The Morgan fingerprint density at radius 3 is 2.41 bits per heavy atom. The molecule has 114 valence electrons. The predicted octanol–water partition coefficient (Wildman–Crippen LogP) is 4.08. The van der Waals surface area contributed by atoms with Crippen molar-refractivity contribution in [2.45, 2.75) is 18.2 Å². The molecule has 0 saturated carbocycles. The molecule has 0 aromatic heterocycles. The first-order valence-corrected chi connectivity index (χ1v) is 7.69. The number of thioether (sulfide) groups is 1. The summed E-state index contributed by atoms with van der Waals surface area (Å²) in [5.41, 5.74) is 0.746. The molecule has 22 heavy (non-hydrogen) atoms. The molecule has 5 heteroatoms. The van der Waals surface area contributed by atoms with Crippen molar-refractivity contribution in [2.24, 2.45) is 0 Å². The number of esters is 1. The van der Waals surface area contributed by atoms with E-state index in [2.05, 4.69) is 0 Å². The summed E-state index contributed by atoms with van der Waals surface area (Å²) in [4.78, 5) is 24.3. The first-order valence-electron chi connectivity index (χ1n) is 6.87. The summed E-state index contributed by atoms with van der Waals surface area (Å²) in [7, 11) is 0. The average Bonchev–Trinajstić information content (AvgIpc) is 2.50. The lowest BCUT2D eigenvalue weighted by Crippen LogP contribution is -2.09. The molecule has 0 N–H and O–H groups in total. The van der Waals surface area contributed by atoms with E-state index < -0.39 is 5.30 Å². The van der Waals surface area contributed by atoms with Crippen molar-refractivity contribution in [3.8, 4) is 5.75 Å². The number of rotatable bonds is 5. The SMILES string of the molecule is CCOC(=O)Cc1ccccc1SC(=O)Oc1ccccc1. The Morgan fingerprint density at radius 2 is 1.68 bits per heavy atom. The van der Waals surface area contributed by atoms with Gasteiger partial charge in [-0.25, -0.2) is 4.79 Å². The smallest absolute Gasteiger partial charge is 0.377 e. The van der Waals surface area contributed by atoms with Crippen molar-refractivity contribution in [3.05, 3.63) is 60.2 Å². The van der Waals surface area contributed by atoms with Crippen molar-refractivity contribution in [1.29, 1.82) is 0 Å². The lowest BCUT2D eigenvalue weighted by Gasteiger charge is -2.08. The van der Waals surface area contributed by atoms with Crippen molar-refractivity contribution >= 4 is 23.0 Å². The Morgan fingerprint density at radius 1 is 1.00 bits per heavy atom. The normalized spacial score (nSPS) is 10.0. The third kappa shape index (κ3) is 4.93. The zero-order chi connectivity index (χ0) is 15.8. The van der Waals surface area contributed by atoms with Crippen LogP contribution in [0, 0.1) is 0 Å². The van der Waals surface area contributed by atoms with Crippen LogP contribution in [0.5, 0.6) is 5.75 Å². The van der Waals surface area contributed by atoms with E-state index in [0.717, 1.165) is 17.3 Å². The summed E-state index contributed by atoms with van der Waals surface area (Å²) in [6, 6.07) is 16.1. The van der Waals surface area contributed by atoms with Crippen LogP contribution in [0.3, 0.4) is 0 Å². The highest BCUT2D eigenvalue weighted by molar-refractivity contribution is 8.13. The fourth-order valence-corrected chi connectivity index (χ4v) is 2.55. The molecule has 0 atom stereocenters. The van der Waals surface area contributed by atoms with Crippen molar-refractivity contribution in [1.82, 2.24) is 0 Å². The molecule has 2 rings (SSSR count). The number of carbonyl (C=O) groups excluding carboxylic acids is 2. The largest absolute Gasteiger partial charge is 0.466 e. The fourth-order valence-electron chi connectivity index (χ4n) is 1.81. The first kappa shape index (κ1) is 16.1. The molecule has 0 unspecified atom stereocenters. The van der Waals surface area contributed by atoms with Crippen LogP contribution in [0.4, 0.5) is 4.79 Å². The van der Waals surface area contributed by atoms with E-state index in [0.29, 0.717) is 17.3 Å². The Kier molecular flexibility index (Phi) is 6.03. The monoisotopic (exact) mass is 316 g/mol. The van der Waals surface area contributed by atoms with Crippen LogP contribution in [-0.2, 0) is 16.0 Å². The lowest BCUT2D eigenvalue weighted by atomic mass is 10.1. The quantitative estimate of drug-likeness (QED) is 0.614. The molecule has 4 nitrogen and oxygen atoms in total. The molecule has 0 heterocycles. The third-order valence-electron chi connectivity index (χ3n) is 2.75. The second-order valence-electron chi connectivity index (χ2n) is 4.36. The number of benzene rings is 2. The van der Waals surface area contributed by atoms with Gasteiger partial charge in [0.15, 0.2) is 0 Å². The Labute approximate surface area is 133 Å². The zero-order valence-corrected chi connectivity index (χ0v) is 13.0. The molecule has 0 aliphatic rings. The van der Waals surface area contributed by atoms with Gasteiger partial charge >= 0.3 is 11.3 Å². The van der Waals surface area contributed by atoms with Gasteiger partial charge in [0.1, 0.15) is 5.75 Å². The highest BCUT2D eigenvalue weighted by atomic mass is 32.2. The first-order chi connectivity index (χ1) is 10.7. The van der Waals surface area contributed by atoms with Gasteiger partial charge < -0.3 is 9.47 Å². The highest BCUT2D eigenvalue weighted by Crippen LogP contribution is 2.26. The average molecular weight is 316 g/mol. The number of carbonyl (C=O) groups is 2. The number of hydrogen-bond donors (Lipinski definition) is 0. The highest BCUT2D eigenvalue weighted by Gasteiger charge is 2.13. The van der Waals surface area contributed by atoms with Crippen LogP contribution in [0.1, 0.15) is 12.5 Å². The maximum Gasteiger partial charge on any atom is 0.377 e. The van der Waals surface area contributed by atoms with Crippen LogP contribution in [-0.4, -0.2) is 17.9 Å². The summed E-state index contributed by atoms with van der Waals surface area (Å²) in [5, 5.41) is -0.442. The molecule has 0 amide bonds. The summed E-state index contributed by atoms with van der Waals surface area (Å²) in [5.74, 6) is 0.176. The van der Waals surface area contributed by atoms with Crippen molar-refractivity contribution in [2.75, 3.05) is 6.61 Å². The van der Waals surface area contributed by atoms with Gasteiger partial charge in [-0.2, -0.15) is 0 Å². The maximum atomic E-state index is 12.0. The topological polar surface area (TPSA) is 52.6 Å². The fraction of sp³-hybridized carbons (Fsp3) is 0.176. The minimum atomic E-state index is -0.442. The molecule has 2 aromatic carbocycles. The zero-order valence-electron chi connectivity index (χ0n) is 12.2. The van der Waals surface area contributed by atoms with Gasteiger partial charge in [-0.1, -0.05) is 36.4 Å². The molecular formula is C17H16O4S. The van der Waals surface area contributed by atoms with Gasteiger partial charge in [0.25, 0.3) is 0 Å². The molecule has 0 radical (unpaired) electrons. The van der Waals surface area contributed by atoms with E-state index in [-0.39, 0.29) is 12.4 Å². The van der Waals surface area contributed by atoms with Gasteiger partial charge in [-0.15, -0.1) is 0 Å². The van der Waals surface area contributed by atoms with Gasteiger partial charge in [0.05, 0.1) is 13.0 Å². The van der Waals surface area contributed by atoms with E-state index in [4.69, 9.17) is 9.47 Å². The van der Waals surface area contributed by atoms with Crippen LogP contribution < -0.4 is 4.74 Å². The number of para-hydroxylation sites is 1. The Bertz CT molecular complexity index is 640. The Balaban J connectivity index is 2.03. The van der Waals surface area contributed by atoms with Crippen LogP contribution in [0.15, 0.2) is 59.5 Å². The minimum Gasteiger partial charge on any atom is -0.466 e. The predicted molar refractivity (Wildman–Crippen MR) is 85.1 cm³/mol. The summed E-state index contributed by atoms with van der Waals surface area (Å²) >= 11 is 0.956. The lowest BCUT2D eigenvalue weighted by molar-refractivity contribution is -0.142. The number of ether oxygens (including phenoxy) is 2. The number of hydrogen-bond acceptors (Lipinski definition) is 5. The van der Waals surface area contributed by atoms with E-state index in [1.807, 2.05) is 18.2 Å². The Hall–Kier alpha value is -2.27. The molecule has 0 aliphatic heterocycles. The van der Waals surface area contributed by atoms with Crippen molar-refractivity contribution < 1.29 is 19.1 Å². The molecule has 0 aliphatic carbocycles. The van der Waals surface area contributed by atoms with Gasteiger partial charge in [0, 0.05) is 4.90 Å². The van der Waals surface area contributed by atoms with E-state index in [1.54, 1.807) is 43.3 Å². The summed E-state index contributed by atoms with van der Waals surface area (Å²) in [6.07, 6.45) is 0.135. The van der Waals surface area contributed by atoms with Gasteiger partial charge in [-0.05, 0) is 42.4 Å². The molecule has 0 spiro atoms. The molecule has 0 saturated heterocycles. The van der Waals surface area contributed by atoms with Crippen LogP contribution in [0.2, 0.25) is 0 Å². The third-order valence-corrected chi connectivity index (χ3v) is 3.62. The maximum absolute atomic E-state index is 12.0. The van der Waals surface area contributed by atoms with E-state index in [1.165, 1.54) is 0 Å². The summed E-state index contributed by atoms with van der Waals surface area (Å²) < 4.78 is 10.2.